The quantitative estimate of drug-likeness (QED) is 0.916. The molecule has 112 valence electrons. The lowest BCUT2D eigenvalue weighted by Gasteiger charge is -2.28. The van der Waals surface area contributed by atoms with Crippen LogP contribution in [-0.2, 0) is 0 Å². The lowest BCUT2D eigenvalue weighted by Crippen LogP contribution is -2.41. The number of hydrogen-bond donors (Lipinski definition) is 1. The zero-order chi connectivity index (χ0) is 15.4. The van der Waals surface area contributed by atoms with Crippen LogP contribution in [-0.4, -0.2) is 44.2 Å². The van der Waals surface area contributed by atoms with E-state index in [0.29, 0.717) is 12.1 Å². The van der Waals surface area contributed by atoms with Gasteiger partial charge in [0.15, 0.2) is 0 Å². The summed E-state index contributed by atoms with van der Waals surface area (Å²) < 4.78 is 1.88. The van der Waals surface area contributed by atoms with Crippen LogP contribution in [0.3, 0.4) is 0 Å². The van der Waals surface area contributed by atoms with Crippen molar-refractivity contribution in [1.82, 2.24) is 14.5 Å². The lowest BCUT2D eigenvalue weighted by atomic mass is 10.2. The minimum atomic E-state index is -0.552. The third-order valence-electron chi connectivity index (χ3n) is 3.21. The highest BCUT2D eigenvalue weighted by Crippen LogP contribution is 2.11. The Balaban J connectivity index is 2.18. The summed E-state index contributed by atoms with van der Waals surface area (Å²) in [5.74, 6) is 0.653. The molecule has 0 saturated carbocycles. The van der Waals surface area contributed by atoms with E-state index in [1.54, 1.807) is 24.1 Å². The number of aromatic nitrogens is 2. The summed E-state index contributed by atoms with van der Waals surface area (Å²) in [4.78, 5) is 18.5. The van der Waals surface area contributed by atoms with Crippen molar-refractivity contribution in [3.8, 4) is 5.82 Å². The molecule has 5 heteroatoms. The minimum Gasteiger partial charge on any atom is -0.392 e. The van der Waals surface area contributed by atoms with Crippen molar-refractivity contribution in [3.05, 3.63) is 48.4 Å². The van der Waals surface area contributed by atoms with Gasteiger partial charge in [0, 0.05) is 31.2 Å². The van der Waals surface area contributed by atoms with Gasteiger partial charge in [0.05, 0.1) is 11.7 Å². The monoisotopic (exact) mass is 287 g/mol. The van der Waals surface area contributed by atoms with Crippen LogP contribution in [0.2, 0.25) is 0 Å². The molecule has 1 unspecified atom stereocenters. The van der Waals surface area contributed by atoms with Crippen molar-refractivity contribution < 1.29 is 9.90 Å². The number of hydrogen-bond acceptors (Lipinski definition) is 3. The Labute approximate surface area is 124 Å². The molecule has 0 bridgehead atoms. The van der Waals surface area contributed by atoms with Crippen molar-refractivity contribution >= 4 is 5.91 Å². The van der Waals surface area contributed by atoms with Gasteiger partial charge in [-0.3, -0.25) is 4.79 Å². The first kappa shape index (κ1) is 15.3. The predicted molar refractivity (Wildman–Crippen MR) is 81.4 cm³/mol. The molecule has 1 atom stereocenters. The summed E-state index contributed by atoms with van der Waals surface area (Å²) in [6.07, 6.45) is 4.83. The van der Waals surface area contributed by atoms with Crippen molar-refractivity contribution in [3.63, 3.8) is 0 Å². The van der Waals surface area contributed by atoms with Gasteiger partial charge in [-0.2, -0.15) is 0 Å². The van der Waals surface area contributed by atoms with Gasteiger partial charge in [-0.05, 0) is 45.0 Å². The lowest BCUT2D eigenvalue weighted by molar-refractivity contribution is 0.0578. The fraction of sp³-hybridized carbons (Fsp3) is 0.375. The van der Waals surface area contributed by atoms with E-state index < -0.39 is 6.10 Å². The second-order valence-electron chi connectivity index (χ2n) is 5.40. The molecule has 0 aromatic carbocycles. The predicted octanol–water partition coefficient (Wildman–Crippen LogP) is 2.10. The van der Waals surface area contributed by atoms with Gasteiger partial charge in [0.2, 0.25) is 0 Å². The smallest absolute Gasteiger partial charge is 0.255 e. The molecule has 0 fully saturated rings. The molecular weight excluding hydrogens is 266 g/mol. The van der Waals surface area contributed by atoms with Gasteiger partial charge in [-0.25, -0.2) is 4.98 Å². The van der Waals surface area contributed by atoms with Crippen molar-refractivity contribution in [1.29, 1.82) is 0 Å². The first-order valence-electron chi connectivity index (χ1n) is 7.07. The number of nitrogens with zero attached hydrogens (tertiary/aromatic N) is 3. The van der Waals surface area contributed by atoms with Crippen LogP contribution in [0.25, 0.3) is 5.82 Å². The summed E-state index contributed by atoms with van der Waals surface area (Å²) in [5, 5.41) is 9.52. The average molecular weight is 287 g/mol. The highest BCUT2D eigenvalue weighted by atomic mass is 16.3. The SMILES string of the molecule is CC(O)CN(C(=O)c1ccc(-n2cccc2)nc1)C(C)C. The maximum Gasteiger partial charge on any atom is 0.255 e. The van der Waals surface area contributed by atoms with Crippen molar-refractivity contribution in [2.24, 2.45) is 0 Å². The number of amides is 1. The van der Waals surface area contributed by atoms with E-state index >= 15 is 0 Å². The number of rotatable bonds is 5. The van der Waals surface area contributed by atoms with Gasteiger partial charge in [-0.1, -0.05) is 0 Å². The molecule has 1 N–H and O–H groups in total. The highest BCUT2D eigenvalue weighted by molar-refractivity contribution is 5.94. The van der Waals surface area contributed by atoms with Gasteiger partial charge in [0.1, 0.15) is 5.82 Å². The van der Waals surface area contributed by atoms with Crippen LogP contribution in [0.1, 0.15) is 31.1 Å². The zero-order valence-electron chi connectivity index (χ0n) is 12.6. The summed E-state index contributed by atoms with van der Waals surface area (Å²) >= 11 is 0. The molecule has 2 rings (SSSR count). The third-order valence-corrected chi connectivity index (χ3v) is 3.21. The summed E-state index contributed by atoms with van der Waals surface area (Å²) in [7, 11) is 0. The fourth-order valence-electron chi connectivity index (χ4n) is 2.13. The largest absolute Gasteiger partial charge is 0.392 e. The van der Waals surface area contributed by atoms with Crippen LogP contribution in [0, 0.1) is 0 Å². The molecule has 0 radical (unpaired) electrons. The maximum absolute atomic E-state index is 12.5. The normalized spacial score (nSPS) is 12.4. The van der Waals surface area contributed by atoms with E-state index in [1.165, 1.54) is 0 Å². The average Bonchev–Trinajstić information content (AvgIpc) is 2.98. The molecule has 2 aromatic rings. The second kappa shape index (κ2) is 6.54. The first-order valence-corrected chi connectivity index (χ1v) is 7.07. The Morgan fingerprint density at radius 1 is 1.29 bits per heavy atom. The Bertz CT molecular complexity index is 574. The molecular formula is C16H21N3O2. The zero-order valence-corrected chi connectivity index (χ0v) is 12.6. The molecule has 0 aliphatic rings. The van der Waals surface area contributed by atoms with Gasteiger partial charge < -0.3 is 14.6 Å². The van der Waals surface area contributed by atoms with Gasteiger partial charge >= 0.3 is 0 Å². The molecule has 0 aliphatic carbocycles. The number of aliphatic hydroxyl groups excluding tert-OH is 1. The standard InChI is InChI=1S/C16H21N3O2/c1-12(2)19(11-13(3)20)16(21)14-6-7-15(17-10-14)18-8-4-5-9-18/h4-10,12-13,20H,11H2,1-3H3. The van der Waals surface area contributed by atoms with Crippen LogP contribution in [0.15, 0.2) is 42.9 Å². The van der Waals surface area contributed by atoms with Crippen molar-refractivity contribution in [2.45, 2.75) is 32.9 Å². The summed E-state index contributed by atoms with van der Waals surface area (Å²) in [6, 6.07) is 7.44. The minimum absolute atomic E-state index is 0.0243. The molecule has 0 saturated heterocycles. The summed E-state index contributed by atoms with van der Waals surface area (Å²) in [5.41, 5.74) is 0.528. The molecule has 1 amide bonds. The number of aliphatic hydroxyl groups is 1. The number of carbonyl (C=O) groups excluding carboxylic acids is 1. The molecule has 21 heavy (non-hydrogen) atoms. The Kier molecular flexibility index (Phi) is 4.75. The maximum atomic E-state index is 12.5. The van der Waals surface area contributed by atoms with Crippen LogP contribution in [0.4, 0.5) is 0 Å². The Morgan fingerprint density at radius 3 is 2.43 bits per heavy atom. The van der Waals surface area contributed by atoms with E-state index in [4.69, 9.17) is 0 Å². The number of carbonyl (C=O) groups is 1. The Hall–Kier alpha value is -2.14. The van der Waals surface area contributed by atoms with E-state index in [-0.39, 0.29) is 11.9 Å². The van der Waals surface area contributed by atoms with Gasteiger partial charge in [0.25, 0.3) is 5.91 Å². The Morgan fingerprint density at radius 2 is 1.95 bits per heavy atom. The van der Waals surface area contributed by atoms with Crippen molar-refractivity contribution in [2.75, 3.05) is 6.54 Å². The van der Waals surface area contributed by atoms with E-state index in [9.17, 15) is 9.90 Å². The number of pyridine rings is 1. The van der Waals surface area contributed by atoms with Crippen LogP contribution in [0.5, 0.6) is 0 Å². The highest BCUT2D eigenvalue weighted by Gasteiger charge is 2.20. The third kappa shape index (κ3) is 3.70. The molecule has 0 aliphatic heterocycles. The molecule has 2 heterocycles. The topological polar surface area (TPSA) is 58.4 Å². The van der Waals surface area contributed by atoms with E-state index in [1.807, 2.05) is 49.0 Å². The summed E-state index contributed by atoms with van der Waals surface area (Å²) in [6.45, 7) is 5.86. The molecule has 2 aromatic heterocycles. The molecule has 0 spiro atoms. The first-order chi connectivity index (χ1) is 9.99. The van der Waals surface area contributed by atoms with E-state index in [2.05, 4.69) is 4.98 Å². The molecule has 5 nitrogen and oxygen atoms in total. The fourth-order valence-corrected chi connectivity index (χ4v) is 2.13. The van der Waals surface area contributed by atoms with Crippen LogP contribution < -0.4 is 0 Å². The van der Waals surface area contributed by atoms with Crippen LogP contribution >= 0.6 is 0 Å². The van der Waals surface area contributed by atoms with Gasteiger partial charge in [-0.15, -0.1) is 0 Å². The van der Waals surface area contributed by atoms with E-state index in [0.717, 1.165) is 5.82 Å². The second-order valence-corrected chi connectivity index (χ2v) is 5.40.